The lowest BCUT2D eigenvalue weighted by Crippen LogP contribution is -2.35. The molecule has 1 aliphatic rings. The van der Waals surface area contributed by atoms with Gasteiger partial charge in [-0.15, -0.1) is 0 Å². The van der Waals surface area contributed by atoms with Crippen LogP contribution in [0.4, 0.5) is 4.79 Å². The summed E-state index contributed by atoms with van der Waals surface area (Å²) in [6.45, 7) is 2.95. The minimum absolute atomic E-state index is 0.0300. The molecule has 0 bridgehead atoms. The first-order valence-electron chi connectivity index (χ1n) is 6.15. The van der Waals surface area contributed by atoms with E-state index in [0.717, 1.165) is 19.3 Å². The van der Waals surface area contributed by atoms with Crippen molar-refractivity contribution in [2.75, 3.05) is 20.2 Å². The molecule has 0 aromatic carbocycles. The van der Waals surface area contributed by atoms with Gasteiger partial charge in [-0.1, -0.05) is 5.16 Å². The molecule has 0 spiro atoms. The van der Waals surface area contributed by atoms with Gasteiger partial charge in [0.2, 0.25) is 5.75 Å². The highest BCUT2D eigenvalue weighted by Crippen LogP contribution is 2.26. The number of methoxy groups -OCH3 is 1. The summed E-state index contributed by atoms with van der Waals surface area (Å²) in [6.07, 6.45) is 2.14. The van der Waals surface area contributed by atoms with E-state index in [1.54, 1.807) is 11.8 Å². The number of hydrogen-bond acceptors (Lipinski definition) is 6. The smallest absolute Gasteiger partial charge is 0.437 e. The van der Waals surface area contributed by atoms with E-state index in [2.05, 4.69) is 9.89 Å². The van der Waals surface area contributed by atoms with Crippen LogP contribution in [0.3, 0.4) is 0 Å². The number of aromatic nitrogens is 1. The molecular formula is C12H16N2O5. The number of carbonyl (C=O) groups excluding carboxylic acids is 2. The van der Waals surface area contributed by atoms with Crippen LogP contribution in [0.2, 0.25) is 0 Å². The van der Waals surface area contributed by atoms with E-state index in [1.807, 2.05) is 0 Å². The van der Waals surface area contributed by atoms with Crippen LogP contribution in [0.5, 0.6) is 5.75 Å². The zero-order valence-corrected chi connectivity index (χ0v) is 11.0. The summed E-state index contributed by atoms with van der Waals surface area (Å²) < 4.78 is 14.3. The fourth-order valence-electron chi connectivity index (χ4n) is 1.98. The molecule has 0 atom stereocenters. The van der Waals surface area contributed by atoms with E-state index in [-0.39, 0.29) is 17.4 Å². The van der Waals surface area contributed by atoms with E-state index in [0.29, 0.717) is 18.8 Å². The molecule has 1 aromatic heterocycles. The van der Waals surface area contributed by atoms with Crippen LogP contribution in [-0.2, 0) is 4.74 Å². The number of nitrogens with zero attached hydrogens (tertiary/aromatic N) is 2. The van der Waals surface area contributed by atoms with Crippen LogP contribution < -0.4 is 4.74 Å². The van der Waals surface area contributed by atoms with Gasteiger partial charge >= 0.3 is 6.16 Å². The molecule has 1 aromatic rings. The van der Waals surface area contributed by atoms with E-state index < -0.39 is 6.16 Å². The Kier molecular flexibility index (Phi) is 4.03. The number of piperidine rings is 1. The molecule has 2 heterocycles. The van der Waals surface area contributed by atoms with Gasteiger partial charge in [0, 0.05) is 13.1 Å². The number of rotatable bonds is 2. The summed E-state index contributed by atoms with van der Waals surface area (Å²) in [5.74, 6) is -0.327. The molecule has 19 heavy (non-hydrogen) atoms. The molecule has 7 heteroatoms. The minimum atomic E-state index is -0.904. The predicted octanol–water partition coefficient (Wildman–Crippen LogP) is 1.75. The van der Waals surface area contributed by atoms with Crippen molar-refractivity contribution in [2.45, 2.75) is 26.2 Å². The van der Waals surface area contributed by atoms with Gasteiger partial charge in [-0.2, -0.15) is 0 Å². The van der Waals surface area contributed by atoms with Crippen molar-refractivity contribution < 1.29 is 23.6 Å². The Morgan fingerprint density at radius 2 is 1.95 bits per heavy atom. The zero-order chi connectivity index (χ0) is 13.8. The highest BCUT2D eigenvalue weighted by molar-refractivity contribution is 5.95. The first-order chi connectivity index (χ1) is 9.13. The molecular weight excluding hydrogens is 252 g/mol. The summed E-state index contributed by atoms with van der Waals surface area (Å²) >= 11 is 0. The Hall–Kier alpha value is -2.05. The summed E-state index contributed by atoms with van der Waals surface area (Å²) in [4.78, 5) is 25.1. The van der Waals surface area contributed by atoms with Gasteiger partial charge in [0.05, 0.1) is 7.11 Å². The molecule has 104 valence electrons. The summed E-state index contributed by atoms with van der Waals surface area (Å²) in [7, 11) is 1.19. The summed E-state index contributed by atoms with van der Waals surface area (Å²) in [5.41, 5.74) is 0.339. The SMILES string of the molecule is COC(=O)Oc1c(C)noc1C(=O)N1CCCCC1. The number of likely N-dealkylation sites (tertiary alicyclic amines) is 1. The van der Waals surface area contributed by atoms with Crippen molar-refractivity contribution >= 4 is 12.1 Å². The highest BCUT2D eigenvalue weighted by atomic mass is 16.7. The number of ether oxygens (including phenoxy) is 2. The number of hydrogen-bond donors (Lipinski definition) is 0. The van der Waals surface area contributed by atoms with Crippen molar-refractivity contribution in [3.05, 3.63) is 11.5 Å². The fourth-order valence-corrected chi connectivity index (χ4v) is 1.98. The van der Waals surface area contributed by atoms with E-state index in [4.69, 9.17) is 9.26 Å². The Labute approximate surface area is 110 Å². The topological polar surface area (TPSA) is 81.9 Å². The Morgan fingerprint density at radius 1 is 1.26 bits per heavy atom. The zero-order valence-electron chi connectivity index (χ0n) is 11.0. The van der Waals surface area contributed by atoms with Gasteiger partial charge in [0.25, 0.3) is 11.7 Å². The first-order valence-corrected chi connectivity index (χ1v) is 6.15. The Balaban J connectivity index is 2.19. The average molecular weight is 268 g/mol. The lowest BCUT2D eigenvalue weighted by atomic mass is 10.1. The third-order valence-electron chi connectivity index (χ3n) is 3.00. The second-order valence-corrected chi connectivity index (χ2v) is 4.34. The van der Waals surface area contributed by atoms with Crippen LogP contribution in [0.25, 0.3) is 0 Å². The monoisotopic (exact) mass is 268 g/mol. The molecule has 1 aliphatic heterocycles. The fraction of sp³-hybridized carbons (Fsp3) is 0.583. The van der Waals surface area contributed by atoms with E-state index >= 15 is 0 Å². The van der Waals surface area contributed by atoms with Crippen molar-refractivity contribution in [2.24, 2.45) is 0 Å². The van der Waals surface area contributed by atoms with E-state index in [1.165, 1.54) is 7.11 Å². The maximum absolute atomic E-state index is 12.3. The summed E-state index contributed by atoms with van der Waals surface area (Å²) in [6, 6.07) is 0. The molecule has 1 saturated heterocycles. The molecule has 7 nitrogen and oxygen atoms in total. The molecule has 0 saturated carbocycles. The second-order valence-electron chi connectivity index (χ2n) is 4.34. The highest BCUT2D eigenvalue weighted by Gasteiger charge is 2.29. The molecule has 0 unspecified atom stereocenters. The standard InChI is InChI=1S/C12H16N2O5/c1-8-9(18-12(16)17-2)10(19-13-8)11(15)14-6-4-3-5-7-14/h3-7H2,1-2H3. The summed E-state index contributed by atoms with van der Waals surface area (Å²) in [5, 5.41) is 3.66. The van der Waals surface area contributed by atoms with Gasteiger partial charge in [-0.05, 0) is 26.2 Å². The van der Waals surface area contributed by atoms with Crippen LogP contribution in [0.1, 0.15) is 35.5 Å². The number of amides is 1. The predicted molar refractivity (Wildman–Crippen MR) is 64.0 cm³/mol. The van der Waals surface area contributed by atoms with Crippen molar-refractivity contribution in [3.8, 4) is 5.75 Å². The Bertz CT molecular complexity index is 476. The third kappa shape index (κ3) is 2.86. The second kappa shape index (κ2) is 5.73. The van der Waals surface area contributed by atoms with Crippen LogP contribution >= 0.6 is 0 Å². The maximum Gasteiger partial charge on any atom is 0.513 e. The quantitative estimate of drug-likeness (QED) is 0.760. The van der Waals surface area contributed by atoms with Gasteiger partial charge in [-0.3, -0.25) is 4.79 Å². The lowest BCUT2D eigenvalue weighted by Gasteiger charge is -2.25. The van der Waals surface area contributed by atoms with Crippen molar-refractivity contribution in [3.63, 3.8) is 0 Å². The molecule has 1 fully saturated rings. The number of aryl methyl sites for hydroxylation is 1. The van der Waals surface area contributed by atoms with Gasteiger partial charge < -0.3 is 18.9 Å². The van der Waals surface area contributed by atoms with Crippen LogP contribution in [0, 0.1) is 6.92 Å². The first kappa shape index (κ1) is 13.4. The Morgan fingerprint density at radius 3 is 2.58 bits per heavy atom. The molecule has 0 radical (unpaired) electrons. The van der Waals surface area contributed by atoms with Crippen molar-refractivity contribution in [1.29, 1.82) is 0 Å². The van der Waals surface area contributed by atoms with Crippen LogP contribution in [0.15, 0.2) is 4.52 Å². The molecule has 2 rings (SSSR count). The van der Waals surface area contributed by atoms with Gasteiger partial charge in [0.15, 0.2) is 0 Å². The molecule has 1 amide bonds. The number of carbonyl (C=O) groups is 2. The maximum atomic E-state index is 12.3. The lowest BCUT2D eigenvalue weighted by molar-refractivity contribution is 0.0675. The normalized spacial score (nSPS) is 15.2. The largest absolute Gasteiger partial charge is 0.513 e. The average Bonchev–Trinajstić information content (AvgIpc) is 2.80. The molecule has 0 aliphatic carbocycles. The minimum Gasteiger partial charge on any atom is -0.437 e. The third-order valence-corrected chi connectivity index (χ3v) is 3.00. The van der Waals surface area contributed by atoms with Gasteiger partial charge in [0.1, 0.15) is 5.69 Å². The van der Waals surface area contributed by atoms with E-state index in [9.17, 15) is 9.59 Å². The molecule has 0 N–H and O–H groups in total. The van der Waals surface area contributed by atoms with Crippen LogP contribution in [-0.4, -0.2) is 42.3 Å². The van der Waals surface area contributed by atoms with Crippen molar-refractivity contribution in [1.82, 2.24) is 10.1 Å². The van der Waals surface area contributed by atoms with Gasteiger partial charge in [-0.25, -0.2) is 4.79 Å².